The zero-order valence-electron chi connectivity index (χ0n) is 20.0. The fourth-order valence-electron chi connectivity index (χ4n) is 4.35. The molecule has 176 valence electrons. The summed E-state index contributed by atoms with van der Waals surface area (Å²) < 4.78 is 5.80. The van der Waals surface area contributed by atoms with E-state index in [4.69, 9.17) is 21.1 Å². The maximum Gasteiger partial charge on any atom is 0.326 e. The van der Waals surface area contributed by atoms with Gasteiger partial charge in [-0.3, -0.25) is 4.90 Å². The Balaban J connectivity index is 1.67. The molecule has 5 rings (SSSR count). The van der Waals surface area contributed by atoms with E-state index in [1.54, 1.807) is 17.0 Å². The number of aromatic nitrogens is 2. The molecule has 1 atom stereocenters. The maximum atomic E-state index is 13.3. The van der Waals surface area contributed by atoms with E-state index in [1.807, 2.05) is 56.3 Å². The lowest BCUT2D eigenvalue weighted by Gasteiger charge is -2.35. The molecule has 0 bridgehead atoms. The van der Waals surface area contributed by atoms with Crippen molar-refractivity contribution in [3.8, 4) is 11.4 Å². The van der Waals surface area contributed by atoms with Crippen molar-refractivity contribution in [3.63, 3.8) is 0 Å². The summed E-state index contributed by atoms with van der Waals surface area (Å²) in [5, 5.41) is 8.00. The van der Waals surface area contributed by atoms with E-state index in [2.05, 4.69) is 36.5 Å². The number of nitrogens with zero attached hydrogens (tertiary/aromatic N) is 3. The number of halogens is 1. The molecular weight excluding hydrogens is 460 g/mol. The number of amides is 2. The minimum atomic E-state index is -0.448. The van der Waals surface area contributed by atoms with Gasteiger partial charge in [-0.25, -0.2) is 4.79 Å². The smallest absolute Gasteiger partial charge is 0.326 e. The first kappa shape index (κ1) is 22.9. The summed E-state index contributed by atoms with van der Waals surface area (Å²) in [5.41, 5.74) is 7.39. The highest BCUT2D eigenvalue weighted by Gasteiger charge is 2.36. The van der Waals surface area contributed by atoms with Gasteiger partial charge in [0.2, 0.25) is 5.82 Å². The fraction of sp³-hybridized carbons (Fsp3) is 0.179. The SMILES string of the molecule is CC1=C(c2nc(-c3cccc(C)c3)no2)C(c2ccc(C)c(C)c2)NC(=O)N1c1ccc(Cl)cc1. The van der Waals surface area contributed by atoms with Gasteiger partial charge < -0.3 is 9.84 Å². The highest BCUT2D eigenvalue weighted by molar-refractivity contribution is 6.30. The van der Waals surface area contributed by atoms with Crippen LogP contribution in [0, 0.1) is 20.8 Å². The molecule has 3 aromatic carbocycles. The van der Waals surface area contributed by atoms with E-state index in [-0.39, 0.29) is 6.03 Å². The maximum absolute atomic E-state index is 13.3. The van der Waals surface area contributed by atoms with Crippen molar-refractivity contribution >= 4 is 28.9 Å². The van der Waals surface area contributed by atoms with Crippen LogP contribution in [0.3, 0.4) is 0 Å². The summed E-state index contributed by atoms with van der Waals surface area (Å²) in [4.78, 5) is 19.7. The molecule has 6 nitrogen and oxygen atoms in total. The monoisotopic (exact) mass is 484 g/mol. The van der Waals surface area contributed by atoms with Crippen molar-refractivity contribution in [2.75, 3.05) is 4.90 Å². The molecule has 0 radical (unpaired) electrons. The number of benzene rings is 3. The molecule has 0 aliphatic carbocycles. The van der Waals surface area contributed by atoms with Crippen molar-refractivity contribution in [2.45, 2.75) is 33.7 Å². The van der Waals surface area contributed by atoms with E-state index in [0.29, 0.717) is 28.1 Å². The number of allylic oxidation sites excluding steroid dienone is 1. The lowest BCUT2D eigenvalue weighted by atomic mass is 9.92. The van der Waals surface area contributed by atoms with Gasteiger partial charge in [0.25, 0.3) is 5.89 Å². The van der Waals surface area contributed by atoms with Crippen LogP contribution in [0.1, 0.15) is 41.1 Å². The number of hydrogen-bond acceptors (Lipinski definition) is 4. The molecule has 0 saturated heterocycles. The summed E-state index contributed by atoms with van der Waals surface area (Å²) in [6.45, 7) is 8.04. The number of hydrogen-bond donors (Lipinski definition) is 1. The lowest BCUT2D eigenvalue weighted by Crippen LogP contribution is -2.46. The number of urea groups is 1. The zero-order valence-corrected chi connectivity index (χ0v) is 20.7. The number of anilines is 1. The quantitative estimate of drug-likeness (QED) is 0.338. The fourth-order valence-corrected chi connectivity index (χ4v) is 4.48. The molecule has 1 aromatic heterocycles. The minimum absolute atomic E-state index is 0.241. The van der Waals surface area contributed by atoms with Gasteiger partial charge in [-0.1, -0.05) is 58.7 Å². The Bertz CT molecular complexity index is 1460. The first-order chi connectivity index (χ1) is 16.8. The summed E-state index contributed by atoms with van der Waals surface area (Å²) in [6.07, 6.45) is 0. The van der Waals surface area contributed by atoms with E-state index >= 15 is 0 Å². The van der Waals surface area contributed by atoms with E-state index in [0.717, 1.165) is 27.8 Å². The first-order valence-electron chi connectivity index (χ1n) is 11.4. The highest BCUT2D eigenvalue weighted by atomic mass is 35.5. The Morgan fingerprint density at radius 3 is 2.43 bits per heavy atom. The Hall–Kier alpha value is -3.90. The van der Waals surface area contributed by atoms with Crippen LogP contribution < -0.4 is 10.2 Å². The molecule has 0 fully saturated rings. The summed E-state index contributed by atoms with van der Waals surface area (Å²) in [6, 6.07) is 20.6. The van der Waals surface area contributed by atoms with Crippen molar-refractivity contribution in [2.24, 2.45) is 0 Å². The minimum Gasteiger partial charge on any atom is -0.334 e. The molecule has 2 amide bonds. The Morgan fingerprint density at radius 2 is 1.71 bits per heavy atom. The Labute approximate surface area is 209 Å². The number of rotatable bonds is 4. The van der Waals surface area contributed by atoms with Crippen LogP contribution >= 0.6 is 11.6 Å². The van der Waals surface area contributed by atoms with E-state index in [9.17, 15) is 4.79 Å². The second kappa shape index (κ2) is 9.04. The van der Waals surface area contributed by atoms with E-state index in [1.165, 1.54) is 5.56 Å². The van der Waals surface area contributed by atoms with Crippen LogP contribution in [-0.2, 0) is 0 Å². The summed E-state index contributed by atoms with van der Waals surface area (Å²) >= 11 is 6.09. The van der Waals surface area contributed by atoms with Gasteiger partial charge in [0.15, 0.2) is 0 Å². The second-order valence-electron chi connectivity index (χ2n) is 8.83. The van der Waals surface area contributed by atoms with Crippen molar-refractivity contribution in [3.05, 3.63) is 106 Å². The van der Waals surface area contributed by atoms with Crippen molar-refractivity contribution < 1.29 is 9.32 Å². The molecule has 35 heavy (non-hydrogen) atoms. The van der Waals surface area contributed by atoms with E-state index < -0.39 is 6.04 Å². The molecule has 1 unspecified atom stereocenters. The number of carbonyl (C=O) groups excluding carboxylic acids is 1. The predicted molar refractivity (Wildman–Crippen MR) is 138 cm³/mol. The summed E-state index contributed by atoms with van der Waals surface area (Å²) in [5.74, 6) is 0.860. The van der Waals surface area contributed by atoms with Crippen LogP contribution in [-0.4, -0.2) is 16.2 Å². The van der Waals surface area contributed by atoms with Gasteiger partial charge in [-0.15, -0.1) is 0 Å². The van der Waals surface area contributed by atoms with Crippen LogP contribution in [0.2, 0.25) is 5.02 Å². The average molecular weight is 485 g/mol. The molecular formula is C28H25ClN4O2. The van der Waals surface area contributed by atoms with Crippen LogP contribution in [0.25, 0.3) is 17.0 Å². The van der Waals surface area contributed by atoms with Crippen molar-refractivity contribution in [1.29, 1.82) is 0 Å². The number of aryl methyl sites for hydroxylation is 3. The van der Waals surface area contributed by atoms with Gasteiger partial charge in [0.05, 0.1) is 17.3 Å². The topological polar surface area (TPSA) is 71.3 Å². The number of carbonyl (C=O) groups is 1. The molecule has 4 aromatic rings. The molecule has 7 heteroatoms. The molecule has 0 spiro atoms. The van der Waals surface area contributed by atoms with Crippen molar-refractivity contribution in [1.82, 2.24) is 15.5 Å². The van der Waals surface area contributed by atoms with Gasteiger partial charge in [0.1, 0.15) is 0 Å². The standard InChI is InChI=1S/C28H25ClN4O2/c1-16-6-5-7-21(14-16)26-31-27(35-32-26)24-19(4)33(23-12-10-22(29)11-13-23)28(34)30-25(24)20-9-8-17(2)18(3)15-20/h5-15,25H,1-4H3,(H,30,34). The lowest BCUT2D eigenvalue weighted by molar-refractivity contribution is 0.244. The average Bonchev–Trinajstić information content (AvgIpc) is 3.31. The largest absolute Gasteiger partial charge is 0.334 e. The normalized spacial score (nSPS) is 16.0. The Kier molecular flexibility index (Phi) is 5.91. The molecule has 2 heterocycles. The second-order valence-corrected chi connectivity index (χ2v) is 9.27. The highest BCUT2D eigenvalue weighted by Crippen LogP contribution is 2.39. The van der Waals surface area contributed by atoms with Crippen LogP contribution in [0.15, 0.2) is 77.0 Å². The Morgan fingerprint density at radius 1 is 0.943 bits per heavy atom. The molecule has 1 N–H and O–H groups in total. The van der Waals surface area contributed by atoms with Gasteiger partial charge in [-0.05, 0) is 74.7 Å². The third-order valence-electron chi connectivity index (χ3n) is 6.37. The molecule has 0 saturated carbocycles. The van der Waals surface area contributed by atoms with Gasteiger partial charge in [0, 0.05) is 16.3 Å². The van der Waals surface area contributed by atoms with Gasteiger partial charge in [-0.2, -0.15) is 4.98 Å². The van der Waals surface area contributed by atoms with Crippen LogP contribution in [0.5, 0.6) is 0 Å². The zero-order chi connectivity index (χ0) is 24.7. The van der Waals surface area contributed by atoms with Crippen LogP contribution in [0.4, 0.5) is 10.5 Å². The van der Waals surface area contributed by atoms with Gasteiger partial charge >= 0.3 is 6.03 Å². The third-order valence-corrected chi connectivity index (χ3v) is 6.62. The molecule has 1 aliphatic heterocycles. The number of nitrogens with one attached hydrogen (secondary N) is 1. The molecule has 1 aliphatic rings. The first-order valence-corrected chi connectivity index (χ1v) is 11.7. The predicted octanol–water partition coefficient (Wildman–Crippen LogP) is 7.02. The third kappa shape index (κ3) is 4.33. The summed E-state index contributed by atoms with van der Waals surface area (Å²) in [7, 11) is 0.